The Hall–Kier alpha value is -0.300. The van der Waals surface area contributed by atoms with Crippen LogP contribution in [0, 0.1) is 0 Å². The Kier molecular flexibility index (Phi) is 3.71. The Bertz CT molecular complexity index is 86.1. The highest BCUT2D eigenvalue weighted by molar-refractivity contribution is 6.19. The summed E-state index contributed by atoms with van der Waals surface area (Å²) in [5.41, 5.74) is 0. The molecule has 0 N–H and O–H groups in total. The molecule has 0 saturated heterocycles. The zero-order valence-electron chi connectivity index (χ0n) is 4.15. The Morgan fingerprint density at radius 2 is 2.43 bits per heavy atom. The summed E-state index contributed by atoms with van der Waals surface area (Å²) in [5.74, 6) is 0.459. The Labute approximate surface area is 48.0 Å². The molecule has 0 bridgehead atoms. The molecule has 0 aliphatic carbocycles. The van der Waals surface area contributed by atoms with Crippen molar-refractivity contribution in [3.8, 4) is 0 Å². The Morgan fingerprint density at radius 1 is 1.86 bits per heavy atom. The zero-order valence-corrected chi connectivity index (χ0v) is 4.90. The second-order valence-corrected chi connectivity index (χ2v) is 1.48. The fraction of sp³-hybridized carbons (Fsp3) is 0.400. The van der Waals surface area contributed by atoms with Gasteiger partial charge in [-0.1, -0.05) is 6.08 Å². The molecule has 0 aromatic carbocycles. The van der Waals surface area contributed by atoms with Gasteiger partial charge in [-0.25, -0.2) is 0 Å². The summed E-state index contributed by atoms with van der Waals surface area (Å²) >= 11 is 5.21. The van der Waals surface area contributed by atoms with Gasteiger partial charge in [0.25, 0.3) is 0 Å². The molecule has 0 aliphatic rings. The Balaban J connectivity index is 3.26. The minimum absolute atomic E-state index is 0.0423. The molecule has 0 spiro atoms. The lowest BCUT2D eigenvalue weighted by atomic mass is 10.4. The summed E-state index contributed by atoms with van der Waals surface area (Å²) in [7, 11) is 0. The molecule has 0 saturated carbocycles. The van der Waals surface area contributed by atoms with Crippen LogP contribution >= 0.6 is 11.6 Å². The van der Waals surface area contributed by atoms with Gasteiger partial charge in [0.05, 0.1) is 0 Å². The molecule has 7 heavy (non-hydrogen) atoms. The molecule has 40 valence electrons. The van der Waals surface area contributed by atoms with Crippen molar-refractivity contribution in [1.82, 2.24) is 0 Å². The van der Waals surface area contributed by atoms with Crippen molar-refractivity contribution in [2.75, 3.05) is 5.88 Å². The molecule has 0 radical (unpaired) electrons. The van der Waals surface area contributed by atoms with Crippen LogP contribution in [0.1, 0.15) is 6.92 Å². The lowest BCUT2D eigenvalue weighted by Gasteiger charge is -1.72. The van der Waals surface area contributed by atoms with Gasteiger partial charge in [0.2, 0.25) is 0 Å². The molecule has 1 nitrogen and oxygen atoms in total. The highest BCUT2D eigenvalue weighted by Crippen LogP contribution is 1.77. The monoisotopic (exact) mass is 118 g/mol. The number of rotatable bonds is 2. The van der Waals surface area contributed by atoms with Crippen LogP contribution in [0.4, 0.5) is 0 Å². The van der Waals surface area contributed by atoms with Crippen molar-refractivity contribution in [3.05, 3.63) is 12.2 Å². The van der Waals surface area contributed by atoms with Gasteiger partial charge in [-0.15, -0.1) is 11.6 Å². The minimum Gasteiger partial charge on any atom is -0.295 e. The number of carbonyl (C=O) groups excluding carboxylic acids is 1. The molecule has 0 heterocycles. The summed E-state index contributed by atoms with van der Waals surface area (Å²) in [6.07, 6.45) is 3.07. The van der Waals surface area contributed by atoms with E-state index in [2.05, 4.69) is 0 Å². The van der Waals surface area contributed by atoms with Gasteiger partial charge in [-0.05, 0) is 13.0 Å². The van der Waals surface area contributed by atoms with E-state index in [1.54, 1.807) is 6.08 Å². The maximum absolute atomic E-state index is 10.1. The quantitative estimate of drug-likeness (QED) is 0.395. The van der Waals surface area contributed by atoms with Crippen molar-refractivity contribution >= 4 is 17.4 Å². The average molecular weight is 119 g/mol. The van der Waals surface area contributed by atoms with Crippen LogP contribution in [0.3, 0.4) is 0 Å². The smallest absolute Gasteiger partial charge is 0.152 e. The van der Waals surface area contributed by atoms with Crippen LogP contribution in [-0.4, -0.2) is 11.7 Å². The highest BCUT2D eigenvalue weighted by atomic mass is 35.5. The number of halogens is 1. The fourth-order valence-electron chi connectivity index (χ4n) is 0.211. The van der Waals surface area contributed by atoms with Crippen LogP contribution < -0.4 is 0 Å². The summed E-state index contributed by atoms with van der Waals surface area (Å²) < 4.78 is 0. The zero-order chi connectivity index (χ0) is 5.70. The van der Waals surface area contributed by atoms with Gasteiger partial charge >= 0.3 is 0 Å². The molecule has 0 rings (SSSR count). The van der Waals surface area contributed by atoms with Crippen LogP contribution in [0.15, 0.2) is 12.2 Å². The van der Waals surface area contributed by atoms with E-state index in [-0.39, 0.29) is 5.78 Å². The molecule has 0 aromatic heterocycles. The second-order valence-electron chi connectivity index (χ2n) is 1.17. The van der Waals surface area contributed by atoms with Gasteiger partial charge in [0, 0.05) is 5.88 Å². The number of carbonyl (C=O) groups is 1. The number of alkyl halides is 1. The Morgan fingerprint density at radius 3 is 2.57 bits per heavy atom. The molecule has 0 aliphatic heterocycles. The predicted molar refractivity (Wildman–Crippen MR) is 30.5 cm³/mol. The summed E-state index contributed by atoms with van der Waals surface area (Å²) in [5, 5.41) is 0. The van der Waals surface area contributed by atoms with Crippen molar-refractivity contribution in [2.45, 2.75) is 6.92 Å². The number of allylic oxidation sites excluding steroid dienone is 2. The van der Waals surface area contributed by atoms with Crippen LogP contribution in [-0.2, 0) is 4.79 Å². The normalized spacial score (nSPS) is 10.0. The third kappa shape index (κ3) is 5.70. The van der Waals surface area contributed by atoms with E-state index < -0.39 is 0 Å². The SMILES string of the molecule is CC(=O)/C=C\CCl. The first-order chi connectivity index (χ1) is 3.27. The molecule has 0 atom stereocenters. The second kappa shape index (κ2) is 3.88. The van der Waals surface area contributed by atoms with Gasteiger partial charge in [-0.3, -0.25) is 4.79 Å². The summed E-state index contributed by atoms with van der Waals surface area (Å²) in [6, 6.07) is 0. The van der Waals surface area contributed by atoms with E-state index in [1.807, 2.05) is 0 Å². The maximum Gasteiger partial charge on any atom is 0.152 e. The average Bonchev–Trinajstić information content (AvgIpc) is 1.61. The van der Waals surface area contributed by atoms with E-state index in [1.165, 1.54) is 13.0 Å². The van der Waals surface area contributed by atoms with E-state index in [4.69, 9.17) is 11.6 Å². The third-order valence-electron chi connectivity index (χ3n) is 0.442. The van der Waals surface area contributed by atoms with Crippen LogP contribution in [0.5, 0.6) is 0 Å². The van der Waals surface area contributed by atoms with Gasteiger partial charge < -0.3 is 0 Å². The fourth-order valence-corrected chi connectivity index (χ4v) is 0.300. The molecule has 2 heteroatoms. The van der Waals surface area contributed by atoms with Crippen molar-refractivity contribution < 1.29 is 4.79 Å². The first-order valence-electron chi connectivity index (χ1n) is 2.00. The predicted octanol–water partition coefficient (Wildman–Crippen LogP) is 1.37. The van der Waals surface area contributed by atoms with Crippen LogP contribution in [0.2, 0.25) is 0 Å². The molecule has 0 aromatic rings. The number of ketones is 1. The highest BCUT2D eigenvalue weighted by Gasteiger charge is 1.76. The molecule has 0 fully saturated rings. The lowest BCUT2D eigenvalue weighted by molar-refractivity contribution is -0.112. The molecule has 0 amide bonds. The van der Waals surface area contributed by atoms with Gasteiger partial charge in [0.15, 0.2) is 5.78 Å². The number of hydrogen-bond acceptors (Lipinski definition) is 1. The first-order valence-corrected chi connectivity index (χ1v) is 2.54. The van der Waals surface area contributed by atoms with Gasteiger partial charge in [0.1, 0.15) is 0 Å². The van der Waals surface area contributed by atoms with Crippen molar-refractivity contribution in [2.24, 2.45) is 0 Å². The first kappa shape index (κ1) is 6.70. The van der Waals surface area contributed by atoms with Crippen molar-refractivity contribution in [3.63, 3.8) is 0 Å². The van der Waals surface area contributed by atoms with Gasteiger partial charge in [-0.2, -0.15) is 0 Å². The standard InChI is InChI=1S/C5H7ClO/c1-5(7)3-2-4-6/h2-3H,4H2,1H3/b3-2-. The topological polar surface area (TPSA) is 17.1 Å². The molecule has 0 unspecified atom stereocenters. The van der Waals surface area contributed by atoms with E-state index in [0.717, 1.165) is 0 Å². The molecular formula is C5H7ClO. The largest absolute Gasteiger partial charge is 0.295 e. The van der Waals surface area contributed by atoms with Crippen molar-refractivity contribution in [1.29, 1.82) is 0 Å². The van der Waals surface area contributed by atoms with E-state index in [9.17, 15) is 4.79 Å². The minimum atomic E-state index is 0.0423. The van der Waals surface area contributed by atoms with E-state index in [0.29, 0.717) is 5.88 Å². The van der Waals surface area contributed by atoms with E-state index >= 15 is 0 Å². The lowest BCUT2D eigenvalue weighted by Crippen LogP contribution is -1.78. The molecular weight excluding hydrogens is 112 g/mol. The number of hydrogen-bond donors (Lipinski definition) is 0. The maximum atomic E-state index is 10.1. The summed E-state index contributed by atoms with van der Waals surface area (Å²) in [4.78, 5) is 10.1. The third-order valence-corrected chi connectivity index (χ3v) is 0.620. The van der Waals surface area contributed by atoms with Crippen LogP contribution in [0.25, 0.3) is 0 Å². The summed E-state index contributed by atoms with van der Waals surface area (Å²) in [6.45, 7) is 1.49.